The molecule has 0 saturated carbocycles. The van der Waals surface area contributed by atoms with Crippen molar-refractivity contribution in [2.24, 2.45) is 0 Å². The molecule has 0 aromatic carbocycles. The van der Waals surface area contributed by atoms with Crippen molar-refractivity contribution in [3.8, 4) is 0 Å². The summed E-state index contributed by atoms with van der Waals surface area (Å²) < 4.78 is 8.48. The van der Waals surface area contributed by atoms with Crippen LogP contribution in [0, 0.1) is 0 Å². The molecule has 20 heavy (non-hydrogen) atoms. The van der Waals surface area contributed by atoms with Crippen molar-refractivity contribution < 1.29 is 0 Å². The van der Waals surface area contributed by atoms with E-state index in [-0.39, 0.29) is 0 Å². The Morgan fingerprint density at radius 1 is 1.20 bits per heavy atom. The van der Waals surface area contributed by atoms with Gasteiger partial charge in [-0.25, -0.2) is 9.97 Å². The van der Waals surface area contributed by atoms with Gasteiger partial charge in [0.2, 0.25) is 5.13 Å². The molecule has 108 valence electrons. The first-order valence-corrected chi connectivity index (χ1v) is 8.33. The summed E-state index contributed by atoms with van der Waals surface area (Å²) >= 11 is 3.00. The lowest BCUT2D eigenvalue weighted by Gasteiger charge is -2.33. The zero-order valence-electron chi connectivity index (χ0n) is 11.7. The average molecular weight is 310 g/mol. The minimum Gasteiger partial charge on any atom is -0.344 e. The van der Waals surface area contributed by atoms with Gasteiger partial charge in [-0.1, -0.05) is 13.8 Å². The monoisotopic (exact) mass is 310 g/mol. The van der Waals surface area contributed by atoms with Gasteiger partial charge in [-0.15, -0.1) is 0 Å². The van der Waals surface area contributed by atoms with Crippen LogP contribution in [0.25, 0.3) is 0 Å². The van der Waals surface area contributed by atoms with E-state index in [1.165, 1.54) is 23.1 Å². The SMILES string of the molecule is CC(C)c1nsc(CN2CCN(c3ncns3)CC2)n1. The third-order valence-electron chi connectivity index (χ3n) is 3.35. The Balaban J connectivity index is 1.53. The van der Waals surface area contributed by atoms with Crippen LogP contribution in [-0.4, -0.2) is 49.8 Å². The van der Waals surface area contributed by atoms with Crippen LogP contribution in [0.2, 0.25) is 0 Å². The van der Waals surface area contributed by atoms with E-state index in [9.17, 15) is 0 Å². The molecule has 8 heteroatoms. The van der Waals surface area contributed by atoms with Gasteiger partial charge in [-0.2, -0.15) is 8.75 Å². The van der Waals surface area contributed by atoms with Crippen molar-refractivity contribution in [1.29, 1.82) is 0 Å². The van der Waals surface area contributed by atoms with Gasteiger partial charge in [-0.05, 0) is 11.5 Å². The largest absolute Gasteiger partial charge is 0.344 e. The van der Waals surface area contributed by atoms with Gasteiger partial charge in [0.1, 0.15) is 17.2 Å². The maximum absolute atomic E-state index is 4.60. The number of piperazine rings is 1. The smallest absolute Gasteiger partial charge is 0.205 e. The summed E-state index contributed by atoms with van der Waals surface area (Å²) in [6, 6.07) is 0. The highest BCUT2D eigenvalue weighted by Gasteiger charge is 2.20. The zero-order valence-corrected chi connectivity index (χ0v) is 13.3. The minimum absolute atomic E-state index is 0.411. The van der Waals surface area contributed by atoms with Crippen molar-refractivity contribution in [2.45, 2.75) is 26.3 Å². The molecule has 2 aromatic heterocycles. The van der Waals surface area contributed by atoms with E-state index in [0.717, 1.165) is 48.7 Å². The molecule has 0 unspecified atom stereocenters. The molecule has 0 bridgehead atoms. The van der Waals surface area contributed by atoms with Crippen LogP contribution < -0.4 is 4.90 Å². The van der Waals surface area contributed by atoms with E-state index in [4.69, 9.17) is 0 Å². The van der Waals surface area contributed by atoms with E-state index in [1.807, 2.05) is 0 Å². The van der Waals surface area contributed by atoms with Gasteiger partial charge in [-0.3, -0.25) is 4.90 Å². The van der Waals surface area contributed by atoms with Crippen molar-refractivity contribution in [3.63, 3.8) is 0 Å². The third kappa shape index (κ3) is 3.13. The summed E-state index contributed by atoms with van der Waals surface area (Å²) in [6.07, 6.45) is 1.63. The number of rotatable bonds is 4. The van der Waals surface area contributed by atoms with Crippen LogP contribution in [0.4, 0.5) is 5.13 Å². The lowest BCUT2D eigenvalue weighted by molar-refractivity contribution is 0.249. The summed E-state index contributed by atoms with van der Waals surface area (Å²) in [5.74, 6) is 1.38. The second kappa shape index (κ2) is 6.11. The van der Waals surface area contributed by atoms with Crippen molar-refractivity contribution in [2.75, 3.05) is 31.1 Å². The lowest BCUT2D eigenvalue weighted by atomic mass is 10.2. The van der Waals surface area contributed by atoms with E-state index in [0.29, 0.717) is 5.92 Å². The first kappa shape index (κ1) is 13.8. The summed E-state index contributed by atoms with van der Waals surface area (Å²) in [5.41, 5.74) is 0. The van der Waals surface area contributed by atoms with E-state index >= 15 is 0 Å². The summed E-state index contributed by atoms with van der Waals surface area (Å²) in [7, 11) is 0. The normalized spacial score (nSPS) is 17.1. The highest BCUT2D eigenvalue weighted by molar-refractivity contribution is 7.09. The first-order valence-electron chi connectivity index (χ1n) is 6.79. The Kier molecular flexibility index (Phi) is 4.23. The molecule has 2 aromatic rings. The maximum Gasteiger partial charge on any atom is 0.205 e. The van der Waals surface area contributed by atoms with Crippen molar-refractivity contribution in [3.05, 3.63) is 17.2 Å². The number of hydrogen-bond donors (Lipinski definition) is 0. The molecule has 1 saturated heterocycles. The fourth-order valence-corrected chi connectivity index (χ4v) is 3.57. The first-order chi connectivity index (χ1) is 9.72. The Morgan fingerprint density at radius 2 is 2.00 bits per heavy atom. The lowest BCUT2D eigenvalue weighted by Crippen LogP contribution is -2.45. The van der Waals surface area contributed by atoms with Crippen molar-refractivity contribution >= 4 is 28.2 Å². The molecule has 1 fully saturated rings. The Morgan fingerprint density at radius 3 is 2.60 bits per heavy atom. The van der Waals surface area contributed by atoms with E-state index < -0.39 is 0 Å². The number of nitrogens with zero attached hydrogens (tertiary/aromatic N) is 6. The Labute approximate surface area is 126 Å². The molecule has 0 radical (unpaired) electrons. The minimum atomic E-state index is 0.411. The average Bonchev–Trinajstić information content (AvgIpc) is 3.10. The topological polar surface area (TPSA) is 58.0 Å². The number of aromatic nitrogens is 4. The van der Waals surface area contributed by atoms with E-state index in [2.05, 4.69) is 42.4 Å². The molecule has 3 rings (SSSR count). The van der Waals surface area contributed by atoms with Crippen molar-refractivity contribution in [1.82, 2.24) is 23.6 Å². The second-order valence-electron chi connectivity index (χ2n) is 5.19. The number of hydrogen-bond acceptors (Lipinski definition) is 8. The maximum atomic E-state index is 4.60. The molecule has 0 amide bonds. The van der Waals surface area contributed by atoms with Gasteiger partial charge in [0.05, 0.1) is 6.54 Å². The number of anilines is 1. The van der Waals surface area contributed by atoms with Gasteiger partial charge in [0.15, 0.2) is 0 Å². The quantitative estimate of drug-likeness (QED) is 0.859. The molecule has 1 aliphatic rings. The predicted molar refractivity (Wildman–Crippen MR) is 81.4 cm³/mol. The summed E-state index contributed by atoms with van der Waals surface area (Å²) in [4.78, 5) is 13.6. The van der Waals surface area contributed by atoms with Gasteiger partial charge < -0.3 is 4.90 Å². The highest BCUT2D eigenvalue weighted by Crippen LogP contribution is 2.19. The second-order valence-corrected chi connectivity index (χ2v) is 6.78. The molecule has 3 heterocycles. The summed E-state index contributed by atoms with van der Waals surface area (Å²) in [5, 5.41) is 2.15. The van der Waals surface area contributed by atoms with Crippen LogP contribution in [0.5, 0.6) is 0 Å². The predicted octanol–water partition coefficient (Wildman–Crippen LogP) is 1.84. The molecule has 1 aliphatic heterocycles. The molecular weight excluding hydrogens is 292 g/mol. The van der Waals surface area contributed by atoms with Gasteiger partial charge in [0.25, 0.3) is 0 Å². The highest BCUT2D eigenvalue weighted by atomic mass is 32.1. The van der Waals surface area contributed by atoms with Crippen LogP contribution in [0.3, 0.4) is 0 Å². The molecule has 0 aliphatic carbocycles. The Hall–Kier alpha value is -1.12. The molecule has 0 spiro atoms. The fraction of sp³-hybridized carbons (Fsp3) is 0.667. The molecule has 0 N–H and O–H groups in total. The van der Waals surface area contributed by atoms with Crippen LogP contribution in [0.15, 0.2) is 6.33 Å². The van der Waals surface area contributed by atoms with Crippen LogP contribution >= 0.6 is 23.1 Å². The van der Waals surface area contributed by atoms with Gasteiger partial charge in [0, 0.05) is 43.6 Å². The third-order valence-corrected chi connectivity index (χ3v) is 4.79. The Bertz CT molecular complexity index is 530. The van der Waals surface area contributed by atoms with Gasteiger partial charge >= 0.3 is 0 Å². The standard InChI is InChI=1S/C12H18N6S2/c1-9(2)11-15-10(19-16-11)7-17-3-5-18(6-4-17)12-13-8-14-20-12/h8-9H,3-7H2,1-2H3. The van der Waals surface area contributed by atoms with Crippen LogP contribution in [-0.2, 0) is 6.54 Å². The van der Waals surface area contributed by atoms with Crippen LogP contribution in [0.1, 0.15) is 30.6 Å². The van der Waals surface area contributed by atoms with E-state index in [1.54, 1.807) is 6.33 Å². The summed E-state index contributed by atoms with van der Waals surface area (Å²) in [6.45, 7) is 9.26. The zero-order chi connectivity index (χ0) is 13.9. The fourth-order valence-electron chi connectivity index (χ4n) is 2.16. The molecule has 0 atom stereocenters. The molecular formula is C12H18N6S2. The molecule has 6 nitrogen and oxygen atoms in total.